The molecule has 0 fully saturated rings. The Labute approximate surface area is 298 Å². The average Bonchev–Trinajstić information content (AvgIpc) is 3.40. The number of hydrogen-bond acceptors (Lipinski definition) is 2. The Hall–Kier alpha value is -5.02. The lowest BCUT2D eigenvalue weighted by Gasteiger charge is -2.45. The maximum absolute atomic E-state index is 2.59. The molecule has 0 spiro atoms. The van der Waals surface area contributed by atoms with Gasteiger partial charge in [0.2, 0.25) is 0 Å². The third-order valence-electron chi connectivity index (χ3n) is 11.4. The summed E-state index contributed by atoms with van der Waals surface area (Å²) in [5.41, 5.74) is 21.6. The lowest BCUT2D eigenvalue weighted by atomic mass is 9.33. The van der Waals surface area contributed by atoms with Crippen LogP contribution in [0.3, 0.4) is 0 Å². The minimum atomic E-state index is 0.106. The summed E-state index contributed by atoms with van der Waals surface area (Å²) in [6.45, 7) is 16.3. The second-order valence-electron chi connectivity index (χ2n) is 16.7. The molecule has 9 rings (SSSR count). The van der Waals surface area contributed by atoms with Crippen molar-refractivity contribution in [2.75, 3.05) is 9.80 Å². The van der Waals surface area contributed by atoms with Gasteiger partial charge in [-0.3, -0.25) is 0 Å². The molecule has 1 aliphatic carbocycles. The Balaban J connectivity index is 1.34. The van der Waals surface area contributed by atoms with Crippen molar-refractivity contribution in [2.45, 2.75) is 66.7 Å². The first-order valence-electron chi connectivity index (χ1n) is 18.2. The van der Waals surface area contributed by atoms with Crippen LogP contribution in [0.1, 0.15) is 62.4 Å². The molecule has 0 bridgehead atoms. The molecular weight excluding hydrogens is 603 g/mol. The van der Waals surface area contributed by atoms with Crippen LogP contribution in [0, 0.1) is 19.3 Å². The highest BCUT2D eigenvalue weighted by molar-refractivity contribution is 7.00. The van der Waals surface area contributed by atoms with E-state index in [2.05, 4.69) is 180 Å². The Morgan fingerprint density at radius 3 is 1.64 bits per heavy atom. The van der Waals surface area contributed by atoms with E-state index in [0.29, 0.717) is 0 Å². The zero-order chi connectivity index (χ0) is 34.5. The Morgan fingerprint density at radius 1 is 0.520 bits per heavy atom. The van der Waals surface area contributed by atoms with E-state index < -0.39 is 0 Å². The zero-order valence-corrected chi connectivity index (χ0v) is 30.4. The SMILES string of the molecule is Cc1ccccc1N1c2ccc(-c3ccc(C(C)(C)C)cc3)cc2B2c3cc4c(cc3N(c3ccccc3C)c3cccc1c32)CC(C)(C)C4. The van der Waals surface area contributed by atoms with Crippen molar-refractivity contribution in [3.8, 4) is 11.1 Å². The standard InChI is InChI=1S/C47H45BN2/c1-30-13-8-10-15-39(30)49-41-24-21-33(32-19-22-36(23-20-32)46(3,4)5)25-37(41)48-38-26-34-28-47(6,7)29-35(34)27-44(38)50(40-16-11-9-14-31(40)2)43-18-12-17-42(49)45(43)48/h8-27H,28-29H2,1-7H3. The van der Waals surface area contributed by atoms with Crippen LogP contribution in [0.25, 0.3) is 11.1 Å². The first-order valence-corrected chi connectivity index (χ1v) is 18.2. The molecule has 0 radical (unpaired) electrons. The topological polar surface area (TPSA) is 6.48 Å². The third-order valence-corrected chi connectivity index (χ3v) is 11.4. The number of para-hydroxylation sites is 2. The second-order valence-corrected chi connectivity index (χ2v) is 16.7. The Kier molecular flexibility index (Phi) is 6.82. The predicted octanol–water partition coefficient (Wildman–Crippen LogP) is 10.5. The molecule has 50 heavy (non-hydrogen) atoms. The lowest BCUT2D eigenvalue weighted by molar-refractivity contribution is 0.392. The van der Waals surface area contributed by atoms with Crippen molar-refractivity contribution < 1.29 is 0 Å². The number of anilines is 6. The number of hydrogen-bond donors (Lipinski definition) is 0. The van der Waals surface area contributed by atoms with Crippen LogP contribution in [-0.2, 0) is 18.3 Å². The maximum Gasteiger partial charge on any atom is 0.252 e. The summed E-state index contributed by atoms with van der Waals surface area (Å²) in [6, 6.07) is 46.3. The number of nitrogens with zero attached hydrogens (tertiary/aromatic N) is 2. The first kappa shape index (κ1) is 31.0. The fourth-order valence-corrected chi connectivity index (χ4v) is 8.99. The van der Waals surface area contributed by atoms with E-state index in [0.717, 1.165) is 12.8 Å². The molecule has 0 saturated carbocycles. The highest BCUT2D eigenvalue weighted by Gasteiger charge is 2.45. The van der Waals surface area contributed by atoms with Gasteiger partial charge < -0.3 is 9.80 Å². The quantitative estimate of drug-likeness (QED) is 0.176. The highest BCUT2D eigenvalue weighted by atomic mass is 15.2. The van der Waals surface area contributed by atoms with E-state index in [-0.39, 0.29) is 17.5 Å². The molecule has 3 heteroatoms. The number of fused-ring (bicyclic) bond motifs is 5. The molecule has 6 aromatic rings. The minimum absolute atomic E-state index is 0.106. The van der Waals surface area contributed by atoms with Crippen molar-refractivity contribution in [3.05, 3.63) is 149 Å². The number of aryl methyl sites for hydroxylation is 2. The summed E-state index contributed by atoms with van der Waals surface area (Å²) < 4.78 is 0. The predicted molar refractivity (Wildman–Crippen MR) is 215 cm³/mol. The van der Waals surface area contributed by atoms with Crippen molar-refractivity contribution >= 4 is 57.2 Å². The number of rotatable bonds is 3. The molecule has 2 nitrogen and oxygen atoms in total. The van der Waals surface area contributed by atoms with E-state index in [1.54, 1.807) is 0 Å². The molecule has 0 amide bonds. The molecule has 0 atom stereocenters. The molecule has 6 aromatic carbocycles. The van der Waals surface area contributed by atoms with Crippen LogP contribution >= 0.6 is 0 Å². The average molecular weight is 649 g/mol. The maximum atomic E-state index is 2.59. The Morgan fingerprint density at radius 2 is 1.04 bits per heavy atom. The van der Waals surface area contributed by atoms with E-state index in [4.69, 9.17) is 0 Å². The van der Waals surface area contributed by atoms with Gasteiger partial charge in [0, 0.05) is 34.1 Å². The smallest absolute Gasteiger partial charge is 0.252 e. The van der Waals surface area contributed by atoms with E-state index in [9.17, 15) is 0 Å². The molecule has 2 aliphatic heterocycles. The molecule has 3 aliphatic rings. The van der Waals surface area contributed by atoms with Gasteiger partial charge in [-0.05, 0) is 129 Å². The van der Waals surface area contributed by atoms with Crippen LogP contribution in [0.5, 0.6) is 0 Å². The zero-order valence-electron chi connectivity index (χ0n) is 30.4. The highest BCUT2D eigenvalue weighted by Crippen LogP contribution is 2.47. The fraction of sp³-hybridized carbons (Fsp3) is 0.234. The van der Waals surface area contributed by atoms with Crippen LogP contribution in [-0.4, -0.2) is 6.71 Å². The van der Waals surface area contributed by atoms with E-state index >= 15 is 0 Å². The van der Waals surface area contributed by atoms with Gasteiger partial charge in [0.1, 0.15) is 0 Å². The van der Waals surface area contributed by atoms with Crippen LogP contribution in [0.4, 0.5) is 34.1 Å². The fourth-order valence-electron chi connectivity index (χ4n) is 8.99. The molecule has 0 aromatic heterocycles. The summed E-state index contributed by atoms with van der Waals surface area (Å²) in [5, 5.41) is 0. The normalized spacial score (nSPS) is 15.4. The lowest BCUT2D eigenvalue weighted by Crippen LogP contribution is -2.61. The Bertz CT molecular complexity index is 2320. The van der Waals surface area contributed by atoms with Gasteiger partial charge in [0.25, 0.3) is 6.71 Å². The molecule has 0 unspecified atom stereocenters. The van der Waals surface area contributed by atoms with Gasteiger partial charge >= 0.3 is 0 Å². The summed E-state index contributed by atoms with van der Waals surface area (Å²) in [6.07, 6.45) is 2.23. The monoisotopic (exact) mass is 648 g/mol. The van der Waals surface area contributed by atoms with Gasteiger partial charge in [-0.25, -0.2) is 0 Å². The molecule has 0 saturated heterocycles. The molecule has 246 valence electrons. The van der Waals surface area contributed by atoms with Crippen molar-refractivity contribution in [2.24, 2.45) is 5.41 Å². The van der Waals surface area contributed by atoms with Gasteiger partial charge in [0.05, 0.1) is 0 Å². The van der Waals surface area contributed by atoms with Gasteiger partial charge in [0.15, 0.2) is 0 Å². The summed E-state index contributed by atoms with van der Waals surface area (Å²) >= 11 is 0. The molecular formula is C47H45BN2. The number of benzene rings is 6. The second kappa shape index (κ2) is 11.0. The third kappa shape index (κ3) is 4.77. The van der Waals surface area contributed by atoms with Crippen LogP contribution in [0.2, 0.25) is 0 Å². The van der Waals surface area contributed by atoms with Crippen molar-refractivity contribution in [3.63, 3.8) is 0 Å². The van der Waals surface area contributed by atoms with Gasteiger partial charge in [-0.2, -0.15) is 0 Å². The van der Waals surface area contributed by atoms with Crippen molar-refractivity contribution in [1.29, 1.82) is 0 Å². The first-order chi connectivity index (χ1) is 24.0. The van der Waals surface area contributed by atoms with E-state index in [1.807, 2.05) is 0 Å². The van der Waals surface area contributed by atoms with Gasteiger partial charge in [-0.1, -0.05) is 120 Å². The summed E-state index contributed by atoms with van der Waals surface area (Å²) in [7, 11) is 0. The van der Waals surface area contributed by atoms with E-state index in [1.165, 1.54) is 89.5 Å². The molecule has 0 N–H and O–H groups in total. The summed E-state index contributed by atoms with van der Waals surface area (Å²) in [4.78, 5) is 5.10. The summed E-state index contributed by atoms with van der Waals surface area (Å²) in [5.74, 6) is 0. The van der Waals surface area contributed by atoms with Crippen LogP contribution < -0.4 is 26.2 Å². The van der Waals surface area contributed by atoms with Gasteiger partial charge in [-0.15, -0.1) is 0 Å². The molecule has 2 heterocycles. The minimum Gasteiger partial charge on any atom is -0.311 e. The largest absolute Gasteiger partial charge is 0.311 e. The van der Waals surface area contributed by atoms with Crippen LogP contribution in [0.15, 0.2) is 121 Å². The van der Waals surface area contributed by atoms with Crippen molar-refractivity contribution in [1.82, 2.24) is 0 Å².